The first-order valence-electron chi connectivity index (χ1n) is 7.22. The fraction of sp³-hybridized carbons (Fsp3) is 0.562. The number of rotatable bonds is 3. The van der Waals surface area contributed by atoms with Crippen molar-refractivity contribution in [3.05, 3.63) is 28.2 Å². The van der Waals surface area contributed by atoms with E-state index in [1.54, 1.807) is 27.7 Å². The van der Waals surface area contributed by atoms with Gasteiger partial charge in [0, 0.05) is 4.47 Å². The Labute approximate surface area is 139 Å². The molecule has 0 aromatic heterocycles. The van der Waals surface area contributed by atoms with Gasteiger partial charge in [0.2, 0.25) is 5.60 Å². The zero-order chi connectivity index (χ0) is 16.5. The minimum Gasteiger partial charge on any atom is -0.486 e. The molecule has 0 radical (unpaired) electrons. The molecule has 0 bridgehead atoms. The number of carbonyl (C=O) groups excluding carboxylic acids is 1. The van der Waals surface area contributed by atoms with E-state index in [0.29, 0.717) is 6.42 Å². The maximum absolute atomic E-state index is 12.5. The Hall–Kier alpha value is -1.11. The van der Waals surface area contributed by atoms with Crippen molar-refractivity contribution in [3.8, 4) is 5.75 Å². The van der Waals surface area contributed by atoms with Crippen LogP contribution >= 0.6 is 15.9 Å². The van der Waals surface area contributed by atoms with E-state index in [1.807, 2.05) is 18.2 Å². The summed E-state index contributed by atoms with van der Waals surface area (Å²) in [5, 5.41) is 0. The minimum absolute atomic E-state index is 0.499. The number of aryl methyl sites for hydroxylation is 1. The Kier molecular flexibility index (Phi) is 4.84. The smallest absolute Gasteiger partial charge is 0.344 e. The molecular formula is C16H22BrNO4. The number of benzene rings is 1. The maximum atomic E-state index is 12.5. The lowest BCUT2D eigenvalue weighted by Gasteiger charge is -2.38. The highest BCUT2D eigenvalue weighted by atomic mass is 79.9. The van der Waals surface area contributed by atoms with Gasteiger partial charge in [-0.2, -0.15) is 0 Å². The van der Waals surface area contributed by atoms with Crippen LogP contribution in [0.5, 0.6) is 5.75 Å². The molecule has 1 aromatic carbocycles. The van der Waals surface area contributed by atoms with E-state index in [9.17, 15) is 4.79 Å². The van der Waals surface area contributed by atoms with Crippen LogP contribution in [0, 0.1) is 0 Å². The van der Waals surface area contributed by atoms with Crippen LogP contribution in [0.1, 0.15) is 39.7 Å². The molecule has 0 saturated heterocycles. The van der Waals surface area contributed by atoms with E-state index in [0.717, 1.165) is 22.2 Å². The lowest BCUT2D eigenvalue weighted by molar-refractivity contribution is -0.196. The summed E-state index contributed by atoms with van der Waals surface area (Å²) in [6.45, 7) is 7.01. The summed E-state index contributed by atoms with van der Waals surface area (Å²) in [5.74, 6) is 5.64. The van der Waals surface area contributed by atoms with E-state index in [2.05, 4.69) is 15.9 Å². The van der Waals surface area contributed by atoms with Crippen LogP contribution in [0.25, 0.3) is 0 Å². The third kappa shape index (κ3) is 3.62. The molecule has 1 aliphatic rings. The van der Waals surface area contributed by atoms with Crippen molar-refractivity contribution >= 4 is 21.9 Å². The Balaban J connectivity index is 2.22. The predicted molar refractivity (Wildman–Crippen MR) is 86.4 cm³/mol. The number of fused-ring (bicyclic) bond motifs is 1. The maximum Gasteiger partial charge on any atom is 0.344 e. The Morgan fingerprint density at radius 1 is 1.36 bits per heavy atom. The number of hydrogen-bond acceptors (Lipinski definition) is 5. The lowest BCUT2D eigenvalue weighted by Crippen LogP contribution is -2.56. The quantitative estimate of drug-likeness (QED) is 0.652. The molecule has 0 spiro atoms. The fourth-order valence-electron chi connectivity index (χ4n) is 2.38. The molecule has 22 heavy (non-hydrogen) atoms. The third-order valence-electron chi connectivity index (χ3n) is 3.63. The highest BCUT2D eigenvalue weighted by Crippen LogP contribution is 2.35. The van der Waals surface area contributed by atoms with Crippen molar-refractivity contribution in [2.75, 3.05) is 0 Å². The van der Waals surface area contributed by atoms with Gasteiger partial charge in [-0.05, 0) is 64.3 Å². The molecule has 122 valence electrons. The van der Waals surface area contributed by atoms with Crippen LogP contribution in [-0.2, 0) is 20.8 Å². The standard InChI is InChI=1S/C16H22BrNO4/c1-15(2,3)21-14(19)16(4,22-18)13-8-5-10-9-11(17)6-7-12(10)20-13/h6-7,9,13H,5,8,18H2,1-4H3/t13-,16+/m1/s1. The average molecular weight is 372 g/mol. The molecule has 1 aromatic rings. The molecule has 0 saturated carbocycles. The molecule has 0 aliphatic carbocycles. The van der Waals surface area contributed by atoms with Gasteiger partial charge < -0.3 is 9.47 Å². The Bertz CT molecular complexity index is 570. The van der Waals surface area contributed by atoms with Gasteiger partial charge in [-0.3, -0.25) is 4.84 Å². The van der Waals surface area contributed by atoms with Gasteiger partial charge in [0.25, 0.3) is 0 Å². The Morgan fingerprint density at radius 3 is 2.64 bits per heavy atom. The summed E-state index contributed by atoms with van der Waals surface area (Å²) < 4.78 is 12.4. The second-order valence-electron chi connectivity index (χ2n) is 6.62. The summed E-state index contributed by atoms with van der Waals surface area (Å²) in [4.78, 5) is 17.5. The van der Waals surface area contributed by atoms with Crippen molar-refractivity contribution in [2.45, 2.75) is 57.8 Å². The Morgan fingerprint density at radius 2 is 2.05 bits per heavy atom. The monoisotopic (exact) mass is 371 g/mol. The molecule has 5 nitrogen and oxygen atoms in total. The molecule has 2 N–H and O–H groups in total. The van der Waals surface area contributed by atoms with Gasteiger partial charge in [-0.25, -0.2) is 10.7 Å². The zero-order valence-corrected chi connectivity index (χ0v) is 14.9. The minimum atomic E-state index is -1.35. The summed E-state index contributed by atoms with van der Waals surface area (Å²) in [7, 11) is 0. The fourth-order valence-corrected chi connectivity index (χ4v) is 2.79. The van der Waals surface area contributed by atoms with E-state index < -0.39 is 23.3 Å². The SMILES string of the molecule is CC(C)(C)OC(=O)[C@@](C)(ON)[C@H]1CCc2cc(Br)ccc2O1. The molecular weight excluding hydrogens is 350 g/mol. The number of carbonyl (C=O) groups is 1. The van der Waals surface area contributed by atoms with Gasteiger partial charge in [0.1, 0.15) is 17.5 Å². The molecule has 0 amide bonds. The highest BCUT2D eigenvalue weighted by Gasteiger charge is 2.48. The molecule has 2 atom stereocenters. The first kappa shape index (κ1) is 17.2. The number of esters is 1. The normalized spacial score (nSPS) is 20.5. The number of halogens is 1. The van der Waals surface area contributed by atoms with Crippen molar-refractivity contribution in [3.63, 3.8) is 0 Å². The van der Waals surface area contributed by atoms with Crippen LogP contribution in [0.4, 0.5) is 0 Å². The summed E-state index contributed by atoms with van der Waals surface area (Å²) >= 11 is 3.44. The van der Waals surface area contributed by atoms with Gasteiger partial charge in [0.15, 0.2) is 0 Å². The summed E-state index contributed by atoms with van der Waals surface area (Å²) in [5.41, 5.74) is -0.874. The molecule has 1 aliphatic heterocycles. The first-order chi connectivity index (χ1) is 10.2. The number of hydrogen-bond donors (Lipinski definition) is 1. The van der Waals surface area contributed by atoms with E-state index in [-0.39, 0.29) is 0 Å². The van der Waals surface area contributed by atoms with Gasteiger partial charge >= 0.3 is 5.97 Å². The topological polar surface area (TPSA) is 70.8 Å². The van der Waals surface area contributed by atoms with Crippen molar-refractivity contribution in [1.29, 1.82) is 0 Å². The zero-order valence-electron chi connectivity index (χ0n) is 13.3. The molecule has 0 unspecified atom stereocenters. The van der Waals surface area contributed by atoms with Gasteiger partial charge in [-0.15, -0.1) is 0 Å². The molecule has 2 rings (SSSR count). The van der Waals surface area contributed by atoms with Crippen LogP contribution in [0.15, 0.2) is 22.7 Å². The van der Waals surface area contributed by atoms with Gasteiger partial charge in [0.05, 0.1) is 0 Å². The third-order valence-corrected chi connectivity index (χ3v) is 4.12. The summed E-state index contributed by atoms with van der Waals surface area (Å²) in [6.07, 6.45) is 0.901. The van der Waals surface area contributed by atoms with Crippen LogP contribution < -0.4 is 10.6 Å². The first-order valence-corrected chi connectivity index (χ1v) is 8.01. The van der Waals surface area contributed by atoms with Crippen molar-refractivity contribution in [1.82, 2.24) is 0 Å². The van der Waals surface area contributed by atoms with Crippen LogP contribution in [0.2, 0.25) is 0 Å². The molecule has 1 heterocycles. The van der Waals surface area contributed by atoms with Crippen LogP contribution in [0.3, 0.4) is 0 Å². The average Bonchev–Trinajstić information content (AvgIpc) is 2.43. The number of ether oxygens (including phenoxy) is 2. The van der Waals surface area contributed by atoms with Gasteiger partial charge in [-0.1, -0.05) is 15.9 Å². The molecule has 0 fully saturated rings. The molecule has 6 heteroatoms. The lowest BCUT2D eigenvalue weighted by atomic mass is 9.90. The second kappa shape index (κ2) is 6.18. The van der Waals surface area contributed by atoms with Crippen molar-refractivity contribution in [2.24, 2.45) is 5.90 Å². The van der Waals surface area contributed by atoms with E-state index in [4.69, 9.17) is 20.2 Å². The van der Waals surface area contributed by atoms with Crippen LogP contribution in [-0.4, -0.2) is 23.3 Å². The summed E-state index contributed by atoms with van der Waals surface area (Å²) in [6, 6.07) is 5.78. The van der Waals surface area contributed by atoms with E-state index >= 15 is 0 Å². The predicted octanol–water partition coefficient (Wildman–Crippen LogP) is 3.13. The van der Waals surface area contributed by atoms with Crippen molar-refractivity contribution < 1.29 is 19.1 Å². The number of nitrogens with two attached hydrogens (primary N) is 1. The largest absolute Gasteiger partial charge is 0.486 e. The second-order valence-corrected chi connectivity index (χ2v) is 7.54. The highest BCUT2D eigenvalue weighted by molar-refractivity contribution is 9.10. The van der Waals surface area contributed by atoms with E-state index in [1.165, 1.54) is 0 Å².